The average molecular weight is 595 g/mol. The molecule has 0 N–H and O–H groups in total. The largest absolute Gasteiger partial charge is 0.488 e. The second-order valence-electron chi connectivity index (χ2n) is 9.19. The first-order valence-corrected chi connectivity index (χ1v) is 14.4. The van der Waals surface area contributed by atoms with Gasteiger partial charge in [-0.1, -0.05) is 24.3 Å². The molecule has 5 rings (SSSR count). The van der Waals surface area contributed by atoms with Crippen LogP contribution >= 0.6 is 27.7 Å². The summed E-state index contributed by atoms with van der Waals surface area (Å²) in [5.41, 5.74) is 3.41. The highest BCUT2D eigenvalue weighted by Crippen LogP contribution is 2.36. The van der Waals surface area contributed by atoms with E-state index < -0.39 is 0 Å². The van der Waals surface area contributed by atoms with E-state index in [2.05, 4.69) is 33.0 Å². The van der Waals surface area contributed by atoms with Crippen molar-refractivity contribution in [3.63, 3.8) is 0 Å². The number of carbonyl (C=O) groups is 1. The third kappa shape index (κ3) is 6.13. The first-order chi connectivity index (χ1) is 18.5. The summed E-state index contributed by atoms with van der Waals surface area (Å²) in [6.07, 6.45) is 5.65. The molecule has 2 fully saturated rings. The highest BCUT2D eigenvalue weighted by Gasteiger charge is 2.32. The molecule has 2 saturated heterocycles. The number of amides is 1. The van der Waals surface area contributed by atoms with E-state index in [4.69, 9.17) is 9.73 Å². The fourth-order valence-corrected chi connectivity index (χ4v) is 6.09. The van der Waals surface area contributed by atoms with Crippen LogP contribution in [0, 0.1) is 5.82 Å². The maximum atomic E-state index is 13.9. The zero-order valence-electron chi connectivity index (χ0n) is 21.2. The minimum atomic E-state index is -0.294. The van der Waals surface area contributed by atoms with Gasteiger partial charge >= 0.3 is 0 Å². The highest BCUT2D eigenvalue weighted by molar-refractivity contribution is 9.10. The number of hydrogen-bond acceptors (Lipinski definition) is 5. The van der Waals surface area contributed by atoms with Gasteiger partial charge in [-0.25, -0.2) is 9.38 Å². The standard InChI is InChI=1S/C30H29BrFN3O2S/c1-2-35-29(36)28(38-30(35)33-23-11-13-24(14-12-23)34-16-6-3-7-17-34)19-21-10-15-27(25(31)18-21)37-20-22-8-4-5-9-26(22)32/h4-5,8-15,18-19H,2-3,6-7,16-17,20H2,1H3/b28-19-,33-30?. The molecule has 0 bridgehead atoms. The molecular formula is C30H29BrFN3O2S. The van der Waals surface area contributed by atoms with Gasteiger partial charge in [-0.2, -0.15) is 0 Å². The average Bonchev–Trinajstić information content (AvgIpc) is 3.23. The lowest BCUT2D eigenvalue weighted by Crippen LogP contribution is -2.29. The lowest BCUT2D eigenvalue weighted by atomic mass is 10.1. The Morgan fingerprint density at radius 3 is 2.53 bits per heavy atom. The Hall–Kier alpha value is -3.10. The van der Waals surface area contributed by atoms with E-state index in [0.717, 1.165) is 28.8 Å². The number of aliphatic imine (C=N–C) groups is 1. The summed E-state index contributed by atoms with van der Waals surface area (Å²) in [5, 5.41) is 0.679. The third-order valence-corrected chi connectivity index (χ3v) is 8.22. The Morgan fingerprint density at radius 2 is 1.82 bits per heavy atom. The summed E-state index contributed by atoms with van der Waals surface area (Å²) >= 11 is 4.92. The number of anilines is 1. The highest BCUT2D eigenvalue weighted by atomic mass is 79.9. The van der Waals surface area contributed by atoms with Crippen LogP contribution in [0.15, 0.2) is 81.1 Å². The van der Waals surface area contributed by atoms with Gasteiger partial charge in [0.05, 0.1) is 15.1 Å². The number of nitrogens with zero attached hydrogens (tertiary/aromatic N) is 3. The van der Waals surface area contributed by atoms with Crippen LogP contribution in [0.5, 0.6) is 5.75 Å². The van der Waals surface area contributed by atoms with Crippen molar-refractivity contribution in [3.05, 3.63) is 93.1 Å². The number of piperidine rings is 1. The lowest BCUT2D eigenvalue weighted by Gasteiger charge is -2.28. The minimum Gasteiger partial charge on any atom is -0.488 e. The summed E-state index contributed by atoms with van der Waals surface area (Å²) in [6.45, 7) is 4.83. The topological polar surface area (TPSA) is 45.1 Å². The van der Waals surface area contributed by atoms with Gasteiger partial charge in [0.25, 0.3) is 5.91 Å². The quantitative estimate of drug-likeness (QED) is 0.262. The molecule has 1 amide bonds. The molecule has 0 unspecified atom stereocenters. The van der Waals surface area contributed by atoms with Crippen LogP contribution < -0.4 is 9.64 Å². The Bertz CT molecular complexity index is 1370. The monoisotopic (exact) mass is 593 g/mol. The Balaban J connectivity index is 1.29. The smallest absolute Gasteiger partial charge is 0.266 e. The van der Waals surface area contributed by atoms with Crippen molar-refractivity contribution in [3.8, 4) is 5.75 Å². The molecule has 0 saturated carbocycles. The molecule has 8 heteroatoms. The molecule has 196 valence electrons. The lowest BCUT2D eigenvalue weighted by molar-refractivity contribution is -0.122. The van der Waals surface area contributed by atoms with Crippen molar-refractivity contribution >= 4 is 56.2 Å². The number of carbonyl (C=O) groups excluding carboxylic acids is 1. The molecule has 0 aliphatic carbocycles. The van der Waals surface area contributed by atoms with E-state index in [9.17, 15) is 9.18 Å². The summed E-state index contributed by atoms with van der Waals surface area (Å²) in [7, 11) is 0. The van der Waals surface area contributed by atoms with Gasteiger partial charge < -0.3 is 9.64 Å². The molecule has 5 nitrogen and oxygen atoms in total. The fourth-order valence-electron chi connectivity index (χ4n) is 4.52. The predicted octanol–water partition coefficient (Wildman–Crippen LogP) is 7.78. The molecule has 0 spiro atoms. The number of likely N-dealkylation sites (N-methyl/N-ethyl adjacent to an activating group) is 1. The third-order valence-electron chi connectivity index (χ3n) is 6.59. The van der Waals surface area contributed by atoms with E-state index >= 15 is 0 Å². The normalized spacial score (nSPS) is 18.0. The zero-order chi connectivity index (χ0) is 26.5. The van der Waals surface area contributed by atoms with Gasteiger partial charge in [-0.15, -0.1) is 0 Å². The van der Waals surface area contributed by atoms with Gasteiger partial charge in [0, 0.05) is 30.9 Å². The van der Waals surface area contributed by atoms with Crippen LogP contribution in [0.2, 0.25) is 0 Å². The van der Waals surface area contributed by atoms with Crippen LogP contribution in [-0.4, -0.2) is 35.6 Å². The van der Waals surface area contributed by atoms with Crippen molar-refractivity contribution in [1.82, 2.24) is 4.90 Å². The maximum Gasteiger partial charge on any atom is 0.266 e. The first-order valence-electron chi connectivity index (χ1n) is 12.8. The molecule has 0 atom stereocenters. The van der Waals surface area contributed by atoms with E-state index in [-0.39, 0.29) is 18.3 Å². The Labute approximate surface area is 235 Å². The van der Waals surface area contributed by atoms with E-state index in [1.54, 1.807) is 23.1 Å². The van der Waals surface area contributed by atoms with Crippen LogP contribution in [0.3, 0.4) is 0 Å². The molecule has 2 aliphatic heterocycles. The predicted molar refractivity (Wildman–Crippen MR) is 157 cm³/mol. The van der Waals surface area contributed by atoms with Gasteiger partial charge in [0.1, 0.15) is 18.2 Å². The number of halogens is 2. The number of ether oxygens (including phenoxy) is 1. The molecule has 38 heavy (non-hydrogen) atoms. The number of benzene rings is 3. The van der Waals surface area contributed by atoms with E-state index in [0.29, 0.717) is 27.9 Å². The second-order valence-corrected chi connectivity index (χ2v) is 11.1. The Morgan fingerprint density at radius 1 is 1.05 bits per heavy atom. The molecule has 3 aromatic rings. The summed E-state index contributed by atoms with van der Waals surface area (Å²) in [4.78, 5) is 22.7. The van der Waals surface area contributed by atoms with Gasteiger partial charge in [-0.3, -0.25) is 9.69 Å². The molecule has 2 heterocycles. The molecule has 2 aliphatic rings. The SMILES string of the molecule is CCN1C(=O)/C(=C/c2ccc(OCc3ccccc3F)c(Br)c2)SC1=Nc1ccc(N2CCCCC2)cc1. The van der Waals surface area contributed by atoms with Gasteiger partial charge in [-0.05, 0) is 108 Å². The number of thioether (sulfide) groups is 1. The van der Waals surface area contributed by atoms with Gasteiger partial charge in [0.2, 0.25) is 0 Å². The fraction of sp³-hybridized carbons (Fsp3) is 0.267. The molecular weight excluding hydrogens is 565 g/mol. The Kier molecular flexibility index (Phi) is 8.49. The number of rotatable bonds is 7. The second kappa shape index (κ2) is 12.2. The molecule has 3 aromatic carbocycles. The molecule has 0 aromatic heterocycles. The summed E-state index contributed by atoms with van der Waals surface area (Å²) in [6, 6.07) is 20.4. The van der Waals surface area contributed by atoms with Crippen molar-refractivity contribution in [2.24, 2.45) is 4.99 Å². The van der Waals surface area contributed by atoms with Crippen LogP contribution in [0.25, 0.3) is 6.08 Å². The van der Waals surface area contributed by atoms with Crippen molar-refractivity contribution in [1.29, 1.82) is 0 Å². The maximum absolute atomic E-state index is 13.9. The van der Waals surface area contributed by atoms with Crippen molar-refractivity contribution in [2.75, 3.05) is 24.5 Å². The molecule has 0 radical (unpaired) electrons. The number of amidine groups is 1. The minimum absolute atomic E-state index is 0.0582. The van der Waals surface area contributed by atoms with Crippen molar-refractivity contribution < 1.29 is 13.9 Å². The van der Waals surface area contributed by atoms with E-state index in [1.807, 2.05) is 43.3 Å². The first kappa shape index (κ1) is 26.5. The zero-order valence-corrected chi connectivity index (χ0v) is 23.6. The summed E-state index contributed by atoms with van der Waals surface area (Å²) in [5.74, 6) is 0.251. The van der Waals surface area contributed by atoms with Crippen LogP contribution in [-0.2, 0) is 11.4 Å². The van der Waals surface area contributed by atoms with Crippen molar-refractivity contribution in [2.45, 2.75) is 32.8 Å². The summed E-state index contributed by atoms with van der Waals surface area (Å²) < 4.78 is 20.4. The van der Waals surface area contributed by atoms with Gasteiger partial charge in [0.15, 0.2) is 5.17 Å². The van der Waals surface area contributed by atoms with Crippen LogP contribution in [0.4, 0.5) is 15.8 Å². The van der Waals surface area contributed by atoms with E-state index in [1.165, 1.54) is 42.8 Å². The number of hydrogen-bond donors (Lipinski definition) is 0. The van der Waals surface area contributed by atoms with Crippen LogP contribution in [0.1, 0.15) is 37.3 Å².